The van der Waals surface area contributed by atoms with Crippen molar-refractivity contribution in [2.24, 2.45) is 11.8 Å². The molecule has 0 aliphatic carbocycles. The second-order valence-electron chi connectivity index (χ2n) is 5.67. The van der Waals surface area contributed by atoms with Crippen LogP contribution in [-0.2, 0) is 4.79 Å². The zero-order valence-electron chi connectivity index (χ0n) is 11.8. The number of amides is 1. The highest BCUT2D eigenvalue weighted by molar-refractivity contribution is 7.99. The minimum absolute atomic E-state index is 0.0500. The standard InChI is InChI=1S/C14H26N2OS/c1-4-10(3)13-14(17)16(12(5-2)15-13)8-11-6-7-18-9-11/h10-13,15H,4-9H2,1-3H3. The smallest absolute Gasteiger partial charge is 0.241 e. The van der Waals surface area contributed by atoms with E-state index in [0.717, 1.165) is 19.4 Å². The van der Waals surface area contributed by atoms with Crippen molar-refractivity contribution < 1.29 is 4.79 Å². The first-order chi connectivity index (χ1) is 8.67. The molecule has 0 aromatic rings. The predicted octanol–water partition coefficient (Wildman–Crippen LogP) is 2.32. The van der Waals surface area contributed by atoms with Crippen LogP contribution < -0.4 is 5.32 Å². The molecular weight excluding hydrogens is 244 g/mol. The molecule has 0 radical (unpaired) electrons. The summed E-state index contributed by atoms with van der Waals surface area (Å²) in [4.78, 5) is 14.6. The van der Waals surface area contributed by atoms with Crippen molar-refractivity contribution in [1.29, 1.82) is 0 Å². The molecule has 0 spiro atoms. The van der Waals surface area contributed by atoms with Crippen LogP contribution in [0.4, 0.5) is 0 Å². The Hall–Kier alpha value is -0.220. The summed E-state index contributed by atoms with van der Waals surface area (Å²) in [5.74, 6) is 3.99. The number of thioether (sulfide) groups is 1. The monoisotopic (exact) mass is 270 g/mol. The number of rotatable bonds is 5. The van der Waals surface area contributed by atoms with Gasteiger partial charge in [0.05, 0.1) is 12.2 Å². The van der Waals surface area contributed by atoms with Gasteiger partial charge < -0.3 is 4.90 Å². The highest BCUT2D eigenvalue weighted by atomic mass is 32.2. The first kappa shape index (κ1) is 14.2. The zero-order valence-corrected chi connectivity index (χ0v) is 12.6. The summed E-state index contributed by atoms with van der Waals surface area (Å²) in [5, 5.41) is 3.53. The van der Waals surface area contributed by atoms with E-state index in [-0.39, 0.29) is 12.2 Å². The number of nitrogens with one attached hydrogen (secondary N) is 1. The van der Waals surface area contributed by atoms with Crippen molar-refractivity contribution in [1.82, 2.24) is 10.2 Å². The van der Waals surface area contributed by atoms with Gasteiger partial charge in [-0.2, -0.15) is 11.8 Å². The van der Waals surface area contributed by atoms with Crippen LogP contribution in [0.5, 0.6) is 0 Å². The average Bonchev–Trinajstić information content (AvgIpc) is 2.99. The van der Waals surface area contributed by atoms with Crippen LogP contribution in [0.2, 0.25) is 0 Å². The Morgan fingerprint density at radius 3 is 2.83 bits per heavy atom. The third-order valence-electron chi connectivity index (χ3n) is 4.38. The highest BCUT2D eigenvalue weighted by Gasteiger charge is 2.40. The molecule has 104 valence electrons. The van der Waals surface area contributed by atoms with Gasteiger partial charge in [0.1, 0.15) is 0 Å². The minimum atomic E-state index is 0.0500. The lowest BCUT2D eigenvalue weighted by Crippen LogP contribution is -2.40. The molecule has 2 saturated heterocycles. The number of carbonyl (C=O) groups is 1. The third-order valence-corrected chi connectivity index (χ3v) is 5.61. The van der Waals surface area contributed by atoms with Crippen LogP contribution >= 0.6 is 11.8 Å². The van der Waals surface area contributed by atoms with E-state index in [0.29, 0.717) is 17.7 Å². The lowest BCUT2D eigenvalue weighted by atomic mass is 9.99. The summed E-state index contributed by atoms with van der Waals surface area (Å²) in [6.07, 6.45) is 3.62. The molecule has 18 heavy (non-hydrogen) atoms. The van der Waals surface area contributed by atoms with Gasteiger partial charge in [0.15, 0.2) is 0 Å². The Kier molecular flexibility index (Phi) is 4.96. The second-order valence-corrected chi connectivity index (χ2v) is 6.82. The van der Waals surface area contributed by atoms with Gasteiger partial charge >= 0.3 is 0 Å². The molecule has 4 atom stereocenters. The van der Waals surface area contributed by atoms with Crippen molar-refractivity contribution in [3.8, 4) is 0 Å². The zero-order chi connectivity index (χ0) is 13.1. The average molecular weight is 270 g/mol. The molecule has 4 unspecified atom stereocenters. The van der Waals surface area contributed by atoms with Gasteiger partial charge in [-0.1, -0.05) is 27.2 Å². The van der Waals surface area contributed by atoms with Gasteiger partial charge in [-0.25, -0.2) is 0 Å². The van der Waals surface area contributed by atoms with Gasteiger partial charge in [0.2, 0.25) is 5.91 Å². The molecule has 0 aromatic carbocycles. The summed E-state index contributed by atoms with van der Waals surface area (Å²) >= 11 is 2.03. The number of carbonyl (C=O) groups excluding carboxylic acids is 1. The number of hydrogen-bond acceptors (Lipinski definition) is 3. The summed E-state index contributed by atoms with van der Waals surface area (Å²) in [7, 11) is 0. The van der Waals surface area contributed by atoms with Gasteiger partial charge in [-0.3, -0.25) is 10.1 Å². The van der Waals surface area contributed by atoms with E-state index in [2.05, 4.69) is 31.0 Å². The SMILES string of the molecule is CCC(C)C1NC(CC)N(CC2CCSC2)C1=O. The van der Waals surface area contributed by atoms with Gasteiger partial charge in [-0.05, 0) is 36.2 Å². The molecule has 2 aliphatic heterocycles. The molecule has 0 aromatic heterocycles. The maximum atomic E-state index is 12.5. The molecule has 0 bridgehead atoms. The van der Waals surface area contributed by atoms with Gasteiger partial charge in [-0.15, -0.1) is 0 Å². The highest BCUT2D eigenvalue weighted by Crippen LogP contribution is 2.28. The van der Waals surface area contributed by atoms with E-state index in [4.69, 9.17) is 0 Å². The summed E-state index contributed by atoms with van der Waals surface area (Å²) in [5.41, 5.74) is 0. The summed E-state index contributed by atoms with van der Waals surface area (Å²) < 4.78 is 0. The lowest BCUT2D eigenvalue weighted by Gasteiger charge is -2.25. The molecule has 1 N–H and O–H groups in total. The molecule has 2 fully saturated rings. The Morgan fingerprint density at radius 2 is 2.28 bits per heavy atom. The maximum absolute atomic E-state index is 12.5. The maximum Gasteiger partial charge on any atom is 0.241 e. The van der Waals surface area contributed by atoms with Crippen LogP contribution in [0.1, 0.15) is 40.0 Å². The molecule has 3 nitrogen and oxygen atoms in total. The molecule has 1 amide bonds. The normalized spacial score (nSPS) is 34.3. The van der Waals surface area contributed by atoms with Gasteiger partial charge in [0.25, 0.3) is 0 Å². The van der Waals surface area contributed by atoms with Gasteiger partial charge in [0, 0.05) is 6.54 Å². The van der Waals surface area contributed by atoms with E-state index < -0.39 is 0 Å². The molecule has 0 saturated carbocycles. The Morgan fingerprint density at radius 1 is 1.50 bits per heavy atom. The minimum Gasteiger partial charge on any atom is -0.325 e. The van der Waals surface area contributed by atoms with Crippen LogP contribution in [0.3, 0.4) is 0 Å². The van der Waals surface area contributed by atoms with E-state index in [1.54, 1.807) is 0 Å². The van der Waals surface area contributed by atoms with Crippen molar-refractivity contribution in [2.75, 3.05) is 18.1 Å². The van der Waals surface area contributed by atoms with Crippen molar-refractivity contribution in [3.63, 3.8) is 0 Å². The van der Waals surface area contributed by atoms with Crippen molar-refractivity contribution >= 4 is 17.7 Å². The van der Waals surface area contributed by atoms with E-state index in [1.807, 2.05) is 11.8 Å². The van der Waals surface area contributed by atoms with Crippen LogP contribution in [0.25, 0.3) is 0 Å². The summed E-state index contributed by atoms with van der Waals surface area (Å²) in [6.45, 7) is 7.47. The second kappa shape index (κ2) is 6.29. The number of nitrogens with zero attached hydrogens (tertiary/aromatic N) is 1. The molecule has 2 rings (SSSR count). The van der Waals surface area contributed by atoms with Crippen LogP contribution in [-0.4, -0.2) is 41.1 Å². The van der Waals surface area contributed by atoms with Crippen LogP contribution in [0.15, 0.2) is 0 Å². The van der Waals surface area contributed by atoms with E-state index >= 15 is 0 Å². The van der Waals surface area contributed by atoms with Crippen molar-refractivity contribution in [2.45, 2.75) is 52.2 Å². The molecule has 4 heteroatoms. The molecule has 2 aliphatic rings. The van der Waals surface area contributed by atoms with Crippen molar-refractivity contribution in [3.05, 3.63) is 0 Å². The fourth-order valence-electron chi connectivity index (χ4n) is 2.91. The number of hydrogen-bond donors (Lipinski definition) is 1. The first-order valence-electron chi connectivity index (χ1n) is 7.31. The Bertz CT molecular complexity index is 292. The fraction of sp³-hybridized carbons (Fsp3) is 0.929. The topological polar surface area (TPSA) is 32.3 Å². The largest absolute Gasteiger partial charge is 0.325 e. The lowest BCUT2D eigenvalue weighted by molar-refractivity contribution is -0.131. The van der Waals surface area contributed by atoms with E-state index in [9.17, 15) is 4.79 Å². The molecular formula is C14H26N2OS. The quantitative estimate of drug-likeness (QED) is 0.832. The fourth-order valence-corrected chi connectivity index (χ4v) is 4.18. The molecule has 2 heterocycles. The van der Waals surface area contributed by atoms with E-state index in [1.165, 1.54) is 17.9 Å². The summed E-state index contributed by atoms with van der Waals surface area (Å²) in [6, 6.07) is 0.0500. The Labute approximate surface area is 115 Å². The third kappa shape index (κ3) is 2.85. The Balaban J connectivity index is 2.00. The predicted molar refractivity (Wildman–Crippen MR) is 77.6 cm³/mol. The van der Waals surface area contributed by atoms with Crippen LogP contribution in [0, 0.1) is 11.8 Å². The first-order valence-corrected chi connectivity index (χ1v) is 8.47.